The van der Waals surface area contributed by atoms with Gasteiger partial charge >= 0.3 is 6.03 Å². The molecule has 1 aliphatic carbocycles. The van der Waals surface area contributed by atoms with Gasteiger partial charge in [-0.15, -0.1) is 0 Å². The first-order valence-corrected chi connectivity index (χ1v) is 12.4. The number of amides is 2. The average molecular weight is 425 g/mol. The smallest absolute Gasteiger partial charge is 0.322 e. The lowest BCUT2D eigenvalue weighted by Crippen LogP contribution is -2.60. The van der Waals surface area contributed by atoms with Gasteiger partial charge in [0.05, 0.1) is 5.54 Å². The Hall–Kier alpha value is -1.77. The maximum Gasteiger partial charge on any atom is 0.322 e. The van der Waals surface area contributed by atoms with Gasteiger partial charge in [-0.2, -0.15) is 0 Å². The van der Waals surface area contributed by atoms with Crippen LogP contribution >= 0.6 is 0 Å². The van der Waals surface area contributed by atoms with Crippen LogP contribution in [0.1, 0.15) is 104 Å². The second kappa shape index (κ2) is 8.64. The van der Waals surface area contributed by atoms with Crippen molar-refractivity contribution in [3.63, 3.8) is 0 Å². The summed E-state index contributed by atoms with van der Waals surface area (Å²) in [7, 11) is 0. The van der Waals surface area contributed by atoms with Crippen molar-refractivity contribution in [1.29, 1.82) is 0 Å². The van der Waals surface area contributed by atoms with Gasteiger partial charge in [0.2, 0.25) is 0 Å². The molecule has 3 rings (SSSR count). The summed E-state index contributed by atoms with van der Waals surface area (Å²) in [4.78, 5) is 15.3. The van der Waals surface area contributed by atoms with E-state index in [0.717, 1.165) is 38.5 Å². The molecule has 1 fully saturated rings. The van der Waals surface area contributed by atoms with Crippen molar-refractivity contribution >= 4 is 6.03 Å². The quantitative estimate of drug-likeness (QED) is 0.509. The van der Waals surface area contributed by atoms with E-state index >= 15 is 0 Å². The fourth-order valence-corrected chi connectivity index (χ4v) is 5.03. The SMILES string of the molecule is CCc1cc(C23CC[C@H](C)CC2=CN(C(C)(C)CC)C(=O)N3)ccc1CCC(C)(C)C. The Balaban J connectivity index is 2.03. The summed E-state index contributed by atoms with van der Waals surface area (Å²) < 4.78 is 0. The highest BCUT2D eigenvalue weighted by molar-refractivity contribution is 5.80. The third-order valence-electron chi connectivity index (χ3n) is 7.69. The first-order valence-electron chi connectivity index (χ1n) is 12.4. The normalized spacial score (nSPS) is 24.5. The highest BCUT2D eigenvalue weighted by Gasteiger charge is 2.47. The van der Waals surface area contributed by atoms with E-state index in [0.29, 0.717) is 11.3 Å². The molecule has 3 heteroatoms. The van der Waals surface area contributed by atoms with Crippen LogP contribution in [0.3, 0.4) is 0 Å². The number of carbonyl (C=O) groups is 1. The number of rotatable bonds is 6. The van der Waals surface area contributed by atoms with Crippen molar-refractivity contribution in [3.05, 3.63) is 46.7 Å². The largest absolute Gasteiger partial charge is 0.324 e. The van der Waals surface area contributed by atoms with Crippen LogP contribution in [0.4, 0.5) is 4.79 Å². The summed E-state index contributed by atoms with van der Waals surface area (Å²) in [6, 6.07) is 7.06. The molecule has 1 aromatic carbocycles. The minimum Gasteiger partial charge on any atom is -0.324 e. The van der Waals surface area contributed by atoms with Crippen LogP contribution in [-0.2, 0) is 18.4 Å². The summed E-state index contributed by atoms with van der Waals surface area (Å²) in [5.74, 6) is 0.651. The molecular formula is C28H44N2O. The lowest BCUT2D eigenvalue weighted by Gasteiger charge is -2.50. The topological polar surface area (TPSA) is 32.3 Å². The molecule has 1 aromatic rings. The summed E-state index contributed by atoms with van der Waals surface area (Å²) >= 11 is 0. The van der Waals surface area contributed by atoms with Crippen molar-refractivity contribution in [3.8, 4) is 0 Å². The summed E-state index contributed by atoms with van der Waals surface area (Å²) in [5, 5.41) is 3.50. The van der Waals surface area contributed by atoms with E-state index < -0.39 is 0 Å². The molecule has 1 heterocycles. The number of nitrogens with zero attached hydrogens (tertiary/aromatic N) is 1. The molecule has 1 aliphatic heterocycles. The fraction of sp³-hybridized carbons (Fsp3) is 0.679. The molecule has 0 bridgehead atoms. The zero-order valence-electron chi connectivity index (χ0n) is 21.2. The van der Waals surface area contributed by atoms with E-state index in [1.165, 1.54) is 28.7 Å². The number of nitrogens with one attached hydrogen (secondary N) is 1. The van der Waals surface area contributed by atoms with E-state index in [1.54, 1.807) is 0 Å². The van der Waals surface area contributed by atoms with Crippen molar-refractivity contribution in [2.24, 2.45) is 11.3 Å². The molecule has 2 atom stereocenters. The molecule has 0 spiro atoms. The predicted molar refractivity (Wildman–Crippen MR) is 131 cm³/mol. The standard InChI is InChI=1S/C28H44N2O/c1-9-21-18-23(12-11-22(21)14-15-26(4,5)6)28-16-13-20(3)17-24(28)19-30(25(31)29-28)27(7,8)10-2/h11-12,18-20H,9-10,13-17H2,1-8H3,(H,29,31)/t20-,28?/m0/s1. The number of fused-ring (bicyclic) bond motifs is 1. The maximum atomic E-state index is 13.3. The van der Waals surface area contributed by atoms with E-state index in [1.807, 2.05) is 4.90 Å². The number of carbonyl (C=O) groups excluding carboxylic acids is 1. The van der Waals surface area contributed by atoms with Crippen LogP contribution in [-0.4, -0.2) is 16.5 Å². The minimum absolute atomic E-state index is 0.0417. The van der Waals surface area contributed by atoms with Gasteiger partial charge in [0.25, 0.3) is 0 Å². The number of urea groups is 1. The second-order valence-corrected chi connectivity index (χ2v) is 11.8. The van der Waals surface area contributed by atoms with Gasteiger partial charge in [-0.1, -0.05) is 59.7 Å². The Labute approximate surface area is 190 Å². The van der Waals surface area contributed by atoms with Crippen LogP contribution in [0, 0.1) is 11.3 Å². The lowest BCUT2D eigenvalue weighted by molar-refractivity contribution is 0.135. The van der Waals surface area contributed by atoms with Crippen molar-refractivity contribution in [2.45, 2.75) is 111 Å². The predicted octanol–water partition coefficient (Wildman–Crippen LogP) is 7.34. The summed E-state index contributed by atoms with van der Waals surface area (Å²) in [6.45, 7) is 18.0. The fourth-order valence-electron chi connectivity index (χ4n) is 5.03. The maximum absolute atomic E-state index is 13.3. The zero-order valence-corrected chi connectivity index (χ0v) is 21.2. The third kappa shape index (κ3) is 4.86. The Morgan fingerprint density at radius 2 is 1.84 bits per heavy atom. The van der Waals surface area contributed by atoms with E-state index in [9.17, 15) is 4.79 Å². The molecule has 172 valence electrons. The zero-order chi connectivity index (χ0) is 23.0. The Bertz CT molecular complexity index is 845. The van der Waals surface area contributed by atoms with Gasteiger partial charge in [-0.05, 0) is 92.4 Å². The first-order chi connectivity index (χ1) is 14.4. The van der Waals surface area contributed by atoms with Gasteiger partial charge in [-0.25, -0.2) is 4.79 Å². The van der Waals surface area contributed by atoms with Crippen molar-refractivity contribution < 1.29 is 4.79 Å². The van der Waals surface area contributed by atoms with Crippen LogP contribution in [0.25, 0.3) is 0 Å². The van der Waals surface area contributed by atoms with Crippen LogP contribution in [0.5, 0.6) is 0 Å². The van der Waals surface area contributed by atoms with E-state index in [-0.39, 0.29) is 17.1 Å². The minimum atomic E-state index is -0.351. The van der Waals surface area contributed by atoms with Gasteiger partial charge in [0.1, 0.15) is 0 Å². The molecular weight excluding hydrogens is 380 g/mol. The summed E-state index contributed by atoms with van der Waals surface area (Å²) in [5.41, 5.74) is 5.33. The van der Waals surface area contributed by atoms with E-state index in [4.69, 9.17) is 0 Å². The molecule has 3 nitrogen and oxygen atoms in total. The van der Waals surface area contributed by atoms with Crippen LogP contribution < -0.4 is 5.32 Å². The van der Waals surface area contributed by atoms with Gasteiger partial charge in [0.15, 0.2) is 0 Å². The molecule has 1 unspecified atom stereocenters. The monoisotopic (exact) mass is 424 g/mol. The van der Waals surface area contributed by atoms with Gasteiger partial charge in [-0.3, -0.25) is 4.90 Å². The molecule has 1 N–H and O–H groups in total. The van der Waals surface area contributed by atoms with E-state index in [2.05, 4.69) is 85.1 Å². The highest BCUT2D eigenvalue weighted by atomic mass is 16.2. The molecule has 0 radical (unpaired) electrons. The number of aryl methyl sites for hydroxylation is 2. The third-order valence-corrected chi connectivity index (χ3v) is 7.69. The lowest BCUT2D eigenvalue weighted by atomic mass is 9.68. The second-order valence-electron chi connectivity index (χ2n) is 11.8. The van der Waals surface area contributed by atoms with Crippen molar-refractivity contribution in [1.82, 2.24) is 10.2 Å². The molecule has 1 saturated carbocycles. The molecule has 2 amide bonds. The molecule has 31 heavy (non-hydrogen) atoms. The number of benzene rings is 1. The Kier molecular flexibility index (Phi) is 6.65. The van der Waals surface area contributed by atoms with Crippen LogP contribution in [0.2, 0.25) is 0 Å². The molecule has 0 aromatic heterocycles. The number of hydrogen-bond acceptors (Lipinski definition) is 1. The Morgan fingerprint density at radius 3 is 2.45 bits per heavy atom. The summed E-state index contributed by atoms with van der Waals surface area (Å²) in [6.07, 6.45) is 9.62. The molecule has 0 saturated heterocycles. The van der Waals surface area contributed by atoms with Crippen molar-refractivity contribution in [2.75, 3.05) is 0 Å². The van der Waals surface area contributed by atoms with Gasteiger partial charge in [0, 0.05) is 11.7 Å². The first kappa shape index (κ1) is 23.9. The average Bonchev–Trinajstić information content (AvgIpc) is 2.71. The highest BCUT2D eigenvalue weighted by Crippen LogP contribution is 2.47. The Morgan fingerprint density at radius 1 is 1.13 bits per heavy atom. The number of hydrogen-bond donors (Lipinski definition) is 1. The molecule has 2 aliphatic rings. The van der Waals surface area contributed by atoms with Gasteiger partial charge < -0.3 is 5.32 Å². The van der Waals surface area contributed by atoms with Crippen LogP contribution in [0.15, 0.2) is 30.0 Å².